The molecule has 1 aliphatic heterocycles. The van der Waals surface area contributed by atoms with Crippen molar-refractivity contribution in [1.82, 2.24) is 9.97 Å². The first-order valence-corrected chi connectivity index (χ1v) is 6.83. The number of nitrogens with zero attached hydrogens (tertiary/aromatic N) is 3. The zero-order valence-corrected chi connectivity index (χ0v) is 11.6. The SMILES string of the molecule is N=C(N)c1ncc(N2CCOCC2)cc1-c1ccncc1. The van der Waals surface area contributed by atoms with Crippen molar-refractivity contribution in [3.05, 3.63) is 42.5 Å². The van der Waals surface area contributed by atoms with Gasteiger partial charge < -0.3 is 15.4 Å². The zero-order chi connectivity index (χ0) is 14.7. The standard InChI is InChI=1S/C15H17N5O/c16-15(17)14-13(11-1-3-18-4-2-11)9-12(10-19-14)20-5-7-21-8-6-20/h1-4,9-10H,5-8H2,(H3,16,17). The number of nitrogens with one attached hydrogen (secondary N) is 1. The predicted octanol–water partition coefficient (Wildman–Crippen LogP) is 1.26. The van der Waals surface area contributed by atoms with Crippen LogP contribution in [-0.2, 0) is 4.74 Å². The van der Waals surface area contributed by atoms with E-state index in [1.54, 1.807) is 18.6 Å². The number of nitrogens with two attached hydrogens (primary N) is 1. The van der Waals surface area contributed by atoms with E-state index in [2.05, 4.69) is 14.9 Å². The lowest BCUT2D eigenvalue weighted by Gasteiger charge is -2.29. The summed E-state index contributed by atoms with van der Waals surface area (Å²) in [7, 11) is 0. The predicted molar refractivity (Wildman–Crippen MR) is 81.5 cm³/mol. The van der Waals surface area contributed by atoms with Crippen LogP contribution >= 0.6 is 0 Å². The van der Waals surface area contributed by atoms with E-state index in [-0.39, 0.29) is 5.84 Å². The van der Waals surface area contributed by atoms with Gasteiger partial charge in [-0.05, 0) is 23.8 Å². The van der Waals surface area contributed by atoms with Gasteiger partial charge in [0.1, 0.15) is 11.5 Å². The second-order valence-corrected chi connectivity index (χ2v) is 4.84. The van der Waals surface area contributed by atoms with Crippen molar-refractivity contribution in [3.63, 3.8) is 0 Å². The van der Waals surface area contributed by atoms with E-state index in [0.717, 1.165) is 43.1 Å². The van der Waals surface area contributed by atoms with E-state index >= 15 is 0 Å². The van der Waals surface area contributed by atoms with E-state index in [1.807, 2.05) is 18.2 Å². The molecule has 3 heterocycles. The number of ether oxygens (including phenoxy) is 1. The number of hydrogen-bond acceptors (Lipinski definition) is 5. The van der Waals surface area contributed by atoms with Crippen LogP contribution in [0.25, 0.3) is 11.1 Å². The molecule has 0 atom stereocenters. The maximum atomic E-state index is 7.71. The fraction of sp³-hybridized carbons (Fsp3) is 0.267. The van der Waals surface area contributed by atoms with Crippen LogP contribution in [0, 0.1) is 5.41 Å². The van der Waals surface area contributed by atoms with Crippen LogP contribution in [0.4, 0.5) is 5.69 Å². The first-order chi connectivity index (χ1) is 10.3. The molecule has 6 nitrogen and oxygen atoms in total. The summed E-state index contributed by atoms with van der Waals surface area (Å²) in [5.41, 5.74) is 8.99. The molecule has 1 saturated heterocycles. The summed E-state index contributed by atoms with van der Waals surface area (Å²) >= 11 is 0. The van der Waals surface area contributed by atoms with Crippen molar-refractivity contribution in [2.75, 3.05) is 31.2 Å². The van der Waals surface area contributed by atoms with Crippen molar-refractivity contribution < 1.29 is 4.74 Å². The van der Waals surface area contributed by atoms with Gasteiger partial charge in [0.05, 0.1) is 25.1 Å². The molecule has 6 heteroatoms. The zero-order valence-electron chi connectivity index (χ0n) is 11.6. The molecule has 108 valence electrons. The smallest absolute Gasteiger partial charge is 0.142 e. The van der Waals surface area contributed by atoms with Crippen LogP contribution in [0.1, 0.15) is 5.69 Å². The summed E-state index contributed by atoms with van der Waals surface area (Å²) in [4.78, 5) is 10.6. The third-order valence-electron chi connectivity index (χ3n) is 3.50. The summed E-state index contributed by atoms with van der Waals surface area (Å²) in [6.45, 7) is 3.13. The first kappa shape index (κ1) is 13.5. The number of nitrogen functional groups attached to an aromatic ring is 1. The van der Waals surface area contributed by atoms with Crippen LogP contribution < -0.4 is 10.6 Å². The van der Waals surface area contributed by atoms with E-state index in [4.69, 9.17) is 15.9 Å². The fourth-order valence-corrected chi connectivity index (χ4v) is 2.41. The van der Waals surface area contributed by atoms with E-state index in [0.29, 0.717) is 5.69 Å². The molecule has 0 aromatic carbocycles. The molecule has 3 rings (SSSR count). The second-order valence-electron chi connectivity index (χ2n) is 4.84. The van der Waals surface area contributed by atoms with Gasteiger partial charge in [-0.1, -0.05) is 0 Å². The van der Waals surface area contributed by atoms with Crippen molar-refractivity contribution in [1.29, 1.82) is 5.41 Å². The van der Waals surface area contributed by atoms with Gasteiger partial charge in [-0.25, -0.2) is 0 Å². The Morgan fingerprint density at radius 3 is 2.62 bits per heavy atom. The Morgan fingerprint density at radius 1 is 1.24 bits per heavy atom. The molecule has 2 aromatic heterocycles. The Bertz CT molecular complexity index is 638. The van der Waals surface area contributed by atoms with Crippen LogP contribution in [0.3, 0.4) is 0 Å². The summed E-state index contributed by atoms with van der Waals surface area (Å²) in [5.74, 6) is -0.0321. The Balaban J connectivity index is 2.04. The maximum Gasteiger partial charge on any atom is 0.142 e. The van der Waals surface area contributed by atoms with E-state index < -0.39 is 0 Å². The highest BCUT2D eigenvalue weighted by atomic mass is 16.5. The van der Waals surface area contributed by atoms with Crippen molar-refractivity contribution >= 4 is 11.5 Å². The van der Waals surface area contributed by atoms with Gasteiger partial charge in [0.2, 0.25) is 0 Å². The van der Waals surface area contributed by atoms with Crippen LogP contribution in [-0.4, -0.2) is 42.1 Å². The molecule has 0 saturated carbocycles. The average molecular weight is 283 g/mol. The number of amidine groups is 1. The molecular weight excluding hydrogens is 266 g/mol. The molecule has 0 bridgehead atoms. The van der Waals surface area contributed by atoms with Crippen LogP contribution in [0.15, 0.2) is 36.8 Å². The fourth-order valence-electron chi connectivity index (χ4n) is 2.41. The molecular formula is C15H17N5O. The summed E-state index contributed by atoms with van der Waals surface area (Å²) in [6, 6.07) is 5.82. The highest BCUT2D eigenvalue weighted by molar-refractivity contribution is 6.00. The van der Waals surface area contributed by atoms with Gasteiger partial charge in [0.15, 0.2) is 0 Å². The molecule has 1 fully saturated rings. The third kappa shape index (κ3) is 2.85. The van der Waals surface area contributed by atoms with Gasteiger partial charge in [-0.15, -0.1) is 0 Å². The number of hydrogen-bond donors (Lipinski definition) is 2. The van der Waals surface area contributed by atoms with E-state index in [9.17, 15) is 0 Å². The van der Waals surface area contributed by atoms with Gasteiger partial charge in [0.25, 0.3) is 0 Å². The molecule has 21 heavy (non-hydrogen) atoms. The number of aromatic nitrogens is 2. The molecule has 2 aromatic rings. The normalized spacial score (nSPS) is 15.0. The molecule has 0 aliphatic carbocycles. The largest absolute Gasteiger partial charge is 0.382 e. The lowest BCUT2D eigenvalue weighted by molar-refractivity contribution is 0.122. The minimum absolute atomic E-state index is 0.0321. The van der Waals surface area contributed by atoms with Gasteiger partial charge in [-0.3, -0.25) is 15.4 Å². The van der Waals surface area contributed by atoms with Crippen LogP contribution in [0.2, 0.25) is 0 Å². The number of rotatable bonds is 3. The van der Waals surface area contributed by atoms with Gasteiger partial charge in [0, 0.05) is 31.0 Å². The molecule has 3 N–H and O–H groups in total. The Labute approximate surface area is 123 Å². The summed E-state index contributed by atoms with van der Waals surface area (Å²) in [5, 5.41) is 7.71. The molecule has 0 radical (unpaired) electrons. The summed E-state index contributed by atoms with van der Waals surface area (Å²) in [6.07, 6.45) is 5.22. The minimum atomic E-state index is -0.0321. The minimum Gasteiger partial charge on any atom is -0.382 e. The quantitative estimate of drug-likeness (QED) is 0.654. The van der Waals surface area contributed by atoms with Crippen molar-refractivity contribution in [2.45, 2.75) is 0 Å². The van der Waals surface area contributed by atoms with E-state index in [1.165, 1.54) is 0 Å². The van der Waals surface area contributed by atoms with Crippen LogP contribution in [0.5, 0.6) is 0 Å². The van der Waals surface area contributed by atoms with Crippen molar-refractivity contribution in [3.8, 4) is 11.1 Å². The molecule has 0 unspecified atom stereocenters. The topological polar surface area (TPSA) is 88.1 Å². The maximum absolute atomic E-state index is 7.71. The Kier molecular flexibility index (Phi) is 3.79. The number of morpholine rings is 1. The molecule has 1 aliphatic rings. The highest BCUT2D eigenvalue weighted by Gasteiger charge is 2.16. The van der Waals surface area contributed by atoms with Gasteiger partial charge in [-0.2, -0.15) is 0 Å². The number of pyridine rings is 2. The van der Waals surface area contributed by atoms with Crippen molar-refractivity contribution in [2.24, 2.45) is 5.73 Å². The Morgan fingerprint density at radius 2 is 1.95 bits per heavy atom. The molecule has 0 amide bonds. The highest BCUT2D eigenvalue weighted by Crippen LogP contribution is 2.27. The Hall–Kier alpha value is -2.47. The lowest BCUT2D eigenvalue weighted by Crippen LogP contribution is -2.36. The number of anilines is 1. The first-order valence-electron chi connectivity index (χ1n) is 6.83. The summed E-state index contributed by atoms with van der Waals surface area (Å²) < 4.78 is 5.37. The average Bonchev–Trinajstić information content (AvgIpc) is 2.56. The monoisotopic (exact) mass is 283 g/mol. The molecule has 0 spiro atoms. The third-order valence-corrected chi connectivity index (χ3v) is 3.50. The van der Waals surface area contributed by atoms with Gasteiger partial charge >= 0.3 is 0 Å². The lowest BCUT2D eigenvalue weighted by atomic mass is 10.0. The second kappa shape index (κ2) is 5.88.